The minimum absolute atomic E-state index is 0.221. The van der Waals surface area contributed by atoms with Gasteiger partial charge in [0.15, 0.2) is 11.5 Å². The van der Waals surface area contributed by atoms with Crippen LogP contribution in [0.25, 0.3) is 10.9 Å². The van der Waals surface area contributed by atoms with Gasteiger partial charge in [-0.05, 0) is 41.5 Å². The first kappa shape index (κ1) is 18.4. The second-order valence-corrected chi connectivity index (χ2v) is 6.34. The number of nitrogens with zero attached hydrogens (tertiary/aromatic N) is 3. The third-order valence-electron chi connectivity index (χ3n) is 4.40. The molecule has 1 heterocycles. The van der Waals surface area contributed by atoms with Gasteiger partial charge >= 0.3 is 0 Å². The topological polar surface area (TPSA) is 65.7 Å². The predicted octanol–water partition coefficient (Wildman–Crippen LogP) is 3.87. The van der Waals surface area contributed by atoms with Crippen molar-refractivity contribution in [1.82, 2.24) is 9.66 Å². The molecule has 0 fully saturated rings. The van der Waals surface area contributed by atoms with Gasteiger partial charge in [-0.3, -0.25) is 4.79 Å². The second kappa shape index (κ2) is 8.39. The van der Waals surface area contributed by atoms with Crippen LogP contribution in [0.4, 0.5) is 0 Å². The van der Waals surface area contributed by atoms with Crippen molar-refractivity contribution in [2.75, 3.05) is 7.11 Å². The van der Waals surface area contributed by atoms with E-state index in [1.165, 1.54) is 11.0 Å². The summed E-state index contributed by atoms with van der Waals surface area (Å²) in [4.78, 5) is 16.8. The molecule has 6 heteroatoms. The van der Waals surface area contributed by atoms with E-state index in [0.29, 0.717) is 29.0 Å². The van der Waals surface area contributed by atoms with E-state index in [1.54, 1.807) is 31.5 Å². The number of ether oxygens (including phenoxy) is 2. The van der Waals surface area contributed by atoms with Crippen LogP contribution in [-0.4, -0.2) is 23.0 Å². The molecule has 0 aliphatic carbocycles. The van der Waals surface area contributed by atoms with Crippen molar-refractivity contribution >= 4 is 17.1 Å². The monoisotopic (exact) mass is 385 g/mol. The fraction of sp³-hybridized carbons (Fsp3) is 0.0870. The van der Waals surface area contributed by atoms with Gasteiger partial charge in [-0.1, -0.05) is 42.5 Å². The number of benzene rings is 3. The standard InChI is InChI=1S/C23H19N3O3/c1-28-21-12-11-18(13-22(21)29-15-17-7-3-2-4-8-17)14-25-26-16-24-20-10-6-5-9-19(20)23(26)27/h2-14,16H,15H2,1H3/b25-14+. The molecule has 144 valence electrons. The Morgan fingerprint density at radius 1 is 1.00 bits per heavy atom. The normalized spacial score (nSPS) is 11.1. The van der Waals surface area contributed by atoms with Gasteiger partial charge in [0, 0.05) is 0 Å². The minimum Gasteiger partial charge on any atom is -0.493 e. The summed E-state index contributed by atoms with van der Waals surface area (Å²) < 4.78 is 12.5. The van der Waals surface area contributed by atoms with Crippen molar-refractivity contribution in [3.63, 3.8) is 0 Å². The van der Waals surface area contributed by atoms with E-state index in [2.05, 4.69) is 10.1 Å². The van der Waals surface area contributed by atoms with Crippen molar-refractivity contribution in [3.05, 3.63) is 101 Å². The number of hydrogen-bond acceptors (Lipinski definition) is 5. The lowest BCUT2D eigenvalue weighted by molar-refractivity contribution is 0.284. The molecule has 0 N–H and O–H groups in total. The maximum Gasteiger partial charge on any atom is 0.281 e. The summed E-state index contributed by atoms with van der Waals surface area (Å²) in [5, 5.41) is 4.78. The number of hydrogen-bond donors (Lipinski definition) is 0. The van der Waals surface area contributed by atoms with Crippen LogP contribution in [0.3, 0.4) is 0 Å². The SMILES string of the molecule is COc1ccc(/C=N/n2cnc3ccccc3c2=O)cc1OCc1ccccc1. The summed E-state index contributed by atoms with van der Waals surface area (Å²) in [6, 6.07) is 22.5. The molecular weight excluding hydrogens is 366 g/mol. The average molecular weight is 385 g/mol. The van der Waals surface area contributed by atoms with Crippen molar-refractivity contribution in [2.45, 2.75) is 6.61 Å². The van der Waals surface area contributed by atoms with Crippen LogP contribution >= 0.6 is 0 Å². The van der Waals surface area contributed by atoms with Gasteiger partial charge < -0.3 is 9.47 Å². The zero-order valence-electron chi connectivity index (χ0n) is 15.9. The van der Waals surface area contributed by atoms with E-state index in [-0.39, 0.29) is 5.56 Å². The highest BCUT2D eigenvalue weighted by Crippen LogP contribution is 2.28. The molecule has 0 amide bonds. The molecule has 0 radical (unpaired) electrons. The summed E-state index contributed by atoms with van der Waals surface area (Å²) in [5.41, 5.74) is 2.25. The van der Waals surface area contributed by atoms with Crippen LogP contribution in [0.1, 0.15) is 11.1 Å². The maximum atomic E-state index is 12.5. The van der Waals surface area contributed by atoms with E-state index in [0.717, 1.165) is 11.1 Å². The first-order valence-electron chi connectivity index (χ1n) is 9.10. The Bertz CT molecular complexity index is 1220. The van der Waals surface area contributed by atoms with Gasteiger partial charge in [0.2, 0.25) is 0 Å². The van der Waals surface area contributed by atoms with Gasteiger partial charge in [-0.15, -0.1) is 0 Å². The third kappa shape index (κ3) is 4.16. The summed E-state index contributed by atoms with van der Waals surface area (Å²) in [6.45, 7) is 0.422. The molecule has 4 aromatic rings. The molecule has 0 saturated heterocycles. The van der Waals surface area contributed by atoms with Gasteiger partial charge in [0.1, 0.15) is 12.9 Å². The molecule has 3 aromatic carbocycles. The van der Waals surface area contributed by atoms with Crippen molar-refractivity contribution < 1.29 is 9.47 Å². The Balaban J connectivity index is 1.59. The van der Waals surface area contributed by atoms with Crippen LogP contribution < -0.4 is 15.0 Å². The summed E-state index contributed by atoms with van der Waals surface area (Å²) in [5.74, 6) is 1.23. The average Bonchev–Trinajstić information content (AvgIpc) is 2.78. The van der Waals surface area contributed by atoms with Crippen molar-refractivity contribution in [1.29, 1.82) is 0 Å². The van der Waals surface area contributed by atoms with Crippen molar-refractivity contribution in [2.24, 2.45) is 5.10 Å². The Kier molecular flexibility index (Phi) is 5.33. The van der Waals surface area contributed by atoms with Crippen LogP contribution in [0.15, 0.2) is 89.0 Å². The van der Waals surface area contributed by atoms with E-state index in [9.17, 15) is 4.79 Å². The molecule has 1 aromatic heterocycles. The zero-order valence-corrected chi connectivity index (χ0v) is 15.9. The molecule has 4 rings (SSSR count). The molecule has 0 spiro atoms. The highest BCUT2D eigenvalue weighted by Gasteiger charge is 2.06. The van der Waals surface area contributed by atoms with Crippen LogP contribution in [0.5, 0.6) is 11.5 Å². The molecule has 0 bridgehead atoms. The fourth-order valence-electron chi connectivity index (χ4n) is 2.89. The number of para-hydroxylation sites is 1. The van der Waals surface area contributed by atoms with Gasteiger partial charge in [0.25, 0.3) is 5.56 Å². The summed E-state index contributed by atoms with van der Waals surface area (Å²) in [7, 11) is 1.60. The highest BCUT2D eigenvalue weighted by atomic mass is 16.5. The van der Waals surface area contributed by atoms with Crippen LogP contribution in [0, 0.1) is 0 Å². The second-order valence-electron chi connectivity index (χ2n) is 6.34. The lowest BCUT2D eigenvalue weighted by atomic mass is 10.2. The molecule has 29 heavy (non-hydrogen) atoms. The third-order valence-corrected chi connectivity index (χ3v) is 4.40. The lowest BCUT2D eigenvalue weighted by Gasteiger charge is -2.11. The fourth-order valence-corrected chi connectivity index (χ4v) is 2.89. The summed E-state index contributed by atoms with van der Waals surface area (Å²) in [6.07, 6.45) is 3.00. The Morgan fingerprint density at radius 3 is 2.62 bits per heavy atom. The zero-order chi connectivity index (χ0) is 20.1. The Hall–Kier alpha value is -3.93. The number of aromatic nitrogens is 2. The maximum absolute atomic E-state index is 12.5. The quantitative estimate of drug-likeness (QED) is 0.473. The molecular formula is C23H19N3O3. The molecule has 6 nitrogen and oxygen atoms in total. The molecule has 0 unspecified atom stereocenters. The van der Waals surface area contributed by atoms with E-state index >= 15 is 0 Å². The van der Waals surface area contributed by atoms with Crippen LogP contribution in [0.2, 0.25) is 0 Å². The van der Waals surface area contributed by atoms with Crippen LogP contribution in [-0.2, 0) is 6.61 Å². The van der Waals surface area contributed by atoms with E-state index < -0.39 is 0 Å². The number of fused-ring (bicyclic) bond motifs is 1. The lowest BCUT2D eigenvalue weighted by Crippen LogP contribution is -2.16. The Morgan fingerprint density at radius 2 is 1.79 bits per heavy atom. The first-order chi connectivity index (χ1) is 14.2. The Labute approximate surface area is 167 Å². The number of rotatable bonds is 6. The minimum atomic E-state index is -0.221. The first-order valence-corrected chi connectivity index (χ1v) is 9.10. The smallest absolute Gasteiger partial charge is 0.281 e. The van der Waals surface area contributed by atoms with Gasteiger partial charge in [-0.2, -0.15) is 9.78 Å². The summed E-state index contributed by atoms with van der Waals surface area (Å²) >= 11 is 0. The van der Waals surface area contributed by atoms with E-state index in [4.69, 9.17) is 9.47 Å². The van der Waals surface area contributed by atoms with Gasteiger partial charge in [0.05, 0.1) is 24.2 Å². The predicted molar refractivity (Wildman–Crippen MR) is 113 cm³/mol. The highest BCUT2D eigenvalue weighted by molar-refractivity contribution is 5.81. The number of methoxy groups -OCH3 is 1. The molecule has 0 saturated carbocycles. The largest absolute Gasteiger partial charge is 0.493 e. The van der Waals surface area contributed by atoms with Gasteiger partial charge in [-0.25, -0.2) is 4.98 Å². The molecule has 0 aliphatic rings. The van der Waals surface area contributed by atoms with E-state index in [1.807, 2.05) is 54.6 Å². The molecule has 0 atom stereocenters. The van der Waals surface area contributed by atoms with Crippen molar-refractivity contribution in [3.8, 4) is 11.5 Å². The molecule has 0 aliphatic heterocycles.